The van der Waals surface area contributed by atoms with Gasteiger partial charge in [-0.15, -0.1) is 0 Å². The minimum Gasteiger partial charge on any atom is -0.355 e. The summed E-state index contributed by atoms with van der Waals surface area (Å²) in [6.45, 7) is 2.23. The Morgan fingerprint density at radius 2 is 1.94 bits per heavy atom. The Hall–Kier alpha value is -1.07. The molecule has 6 heteroatoms. The van der Waals surface area contributed by atoms with Crippen LogP contribution in [0.25, 0.3) is 0 Å². The van der Waals surface area contributed by atoms with Crippen LogP contribution in [0.4, 0.5) is 0 Å². The van der Waals surface area contributed by atoms with Crippen molar-refractivity contribution in [1.82, 2.24) is 10.6 Å². The van der Waals surface area contributed by atoms with Crippen molar-refractivity contribution in [2.45, 2.75) is 6.92 Å². The molecule has 4 nitrogen and oxygen atoms in total. The average molecular weight is 320 g/mol. The summed E-state index contributed by atoms with van der Waals surface area (Å²) >= 11 is 9.07. The van der Waals surface area contributed by atoms with E-state index >= 15 is 0 Å². The molecule has 0 saturated heterocycles. The van der Waals surface area contributed by atoms with Crippen molar-refractivity contribution in [1.29, 1.82) is 0 Å². The SMILES string of the molecule is CC(=O)NCCNC(=O)c1ccc(Cl)c(Br)c1. The zero-order valence-corrected chi connectivity index (χ0v) is 11.6. The molecule has 0 aliphatic rings. The molecule has 0 aliphatic heterocycles. The Balaban J connectivity index is 2.47. The second-order valence-electron chi connectivity index (χ2n) is 3.37. The van der Waals surface area contributed by atoms with Crippen LogP contribution in [0.5, 0.6) is 0 Å². The molecule has 0 saturated carbocycles. The monoisotopic (exact) mass is 318 g/mol. The van der Waals surface area contributed by atoms with Gasteiger partial charge in [0.15, 0.2) is 0 Å². The van der Waals surface area contributed by atoms with Crippen LogP contribution < -0.4 is 10.6 Å². The standard InChI is InChI=1S/C11H12BrClN2O2/c1-7(16)14-4-5-15-11(17)8-2-3-10(13)9(12)6-8/h2-3,6H,4-5H2,1H3,(H,14,16)(H,15,17). The topological polar surface area (TPSA) is 58.2 Å². The van der Waals surface area contributed by atoms with Gasteiger partial charge in [0.2, 0.25) is 5.91 Å². The van der Waals surface area contributed by atoms with Gasteiger partial charge in [0.25, 0.3) is 5.91 Å². The number of rotatable bonds is 4. The Kier molecular flexibility index (Phi) is 5.44. The highest BCUT2D eigenvalue weighted by molar-refractivity contribution is 9.10. The van der Waals surface area contributed by atoms with E-state index in [0.717, 1.165) is 0 Å². The van der Waals surface area contributed by atoms with Crippen LogP contribution in [0.2, 0.25) is 5.02 Å². The van der Waals surface area contributed by atoms with Gasteiger partial charge >= 0.3 is 0 Å². The summed E-state index contributed by atoms with van der Waals surface area (Å²) in [6.07, 6.45) is 0. The second-order valence-corrected chi connectivity index (χ2v) is 4.63. The lowest BCUT2D eigenvalue weighted by molar-refractivity contribution is -0.118. The predicted molar refractivity (Wildman–Crippen MR) is 70.2 cm³/mol. The van der Waals surface area contributed by atoms with Crippen LogP contribution in [0.3, 0.4) is 0 Å². The van der Waals surface area contributed by atoms with Crippen molar-refractivity contribution < 1.29 is 9.59 Å². The van der Waals surface area contributed by atoms with E-state index in [9.17, 15) is 9.59 Å². The second kappa shape index (κ2) is 6.61. The van der Waals surface area contributed by atoms with Crippen molar-refractivity contribution in [3.05, 3.63) is 33.3 Å². The first-order valence-electron chi connectivity index (χ1n) is 4.98. The minimum atomic E-state index is -0.201. The third kappa shape index (κ3) is 4.75. The summed E-state index contributed by atoms with van der Waals surface area (Å²) in [4.78, 5) is 22.3. The van der Waals surface area contributed by atoms with E-state index in [1.54, 1.807) is 18.2 Å². The number of carbonyl (C=O) groups excluding carboxylic acids is 2. The highest BCUT2D eigenvalue weighted by Crippen LogP contribution is 2.22. The quantitative estimate of drug-likeness (QED) is 0.834. The molecule has 2 amide bonds. The van der Waals surface area contributed by atoms with E-state index in [1.807, 2.05) is 0 Å². The highest BCUT2D eigenvalue weighted by Gasteiger charge is 2.06. The van der Waals surface area contributed by atoms with Crippen molar-refractivity contribution in [3.8, 4) is 0 Å². The molecule has 2 N–H and O–H groups in total. The molecule has 17 heavy (non-hydrogen) atoms. The molecule has 0 spiro atoms. The number of hydrogen-bond donors (Lipinski definition) is 2. The lowest BCUT2D eigenvalue weighted by Gasteiger charge is -2.06. The Morgan fingerprint density at radius 1 is 1.29 bits per heavy atom. The molecular weight excluding hydrogens is 307 g/mol. The van der Waals surface area contributed by atoms with E-state index in [2.05, 4.69) is 26.6 Å². The van der Waals surface area contributed by atoms with E-state index < -0.39 is 0 Å². The molecule has 0 heterocycles. The number of carbonyl (C=O) groups is 2. The molecule has 0 atom stereocenters. The van der Waals surface area contributed by atoms with Gasteiger partial charge in [-0.25, -0.2) is 0 Å². The highest BCUT2D eigenvalue weighted by atomic mass is 79.9. The third-order valence-corrected chi connectivity index (χ3v) is 3.18. The number of halogens is 2. The molecule has 92 valence electrons. The third-order valence-electron chi connectivity index (χ3n) is 1.97. The fraction of sp³-hybridized carbons (Fsp3) is 0.273. The molecule has 1 aromatic carbocycles. The normalized spacial score (nSPS) is 9.82. The van der Waals surface area contributed by atoms with Gasteiger partial charge in [-0.05, 0) is 34.1 Å². The smallest absolute Gasteiger partial charge is 0.251 e. The van der Waals surface area contributed by atoms with Crippen molar-refractivity contribution in [3.63, 3.8) is 0 Å². The van der Waals surface area contributed by atoms with Crippen molar-refractivity contribution in [2.24, 2.45) is 0 Å². The zero-order chi connectivity index (χ0) is 12.8. The largest absolute Gasteiger partial charge is 0.355 e. The van der Waals surface area contributed by atoms with Crippen LogP contribution in [0.15, 0.2) is 22.7 Å². The van der Waals surface area contributed by atoms with Crippen molar-refractivity contribution in [2.75, 3.05) is 13.1 Å². The number of nitrogens with one attached hydrogen (secondary N) is 2. The summed E-state index contributed by atoms with van der Waals surface area (Å²) in [5.74, 6) is -0.318. The van der Waals surface area contributed by atoms with Crippen LogP contribution in [0.1, 0.15) is 17.3 Å². The molecule has 0 bridgehead atoms. The van der Waals surface area contributed by atoms with Gasteiger partial charge in [0.05, 0.1) is 5.02 Å². The van der Waals surface area contributed by atoms with Gasteiger partial charge < -0.3 is 10.6 Å². The first kappa shape index (κ1) is 14.0. The molecule has 0 aromatic heterocycles. The van der Waals surface area contributed by atoms with E-state index in [0.29, 0.717) is 28.1 Å². The molecule has 0 radical (unpaired) electrons. The summed E-state index contributed by atoms with van der Waals surface area (Å²) in [5.41, 5.74) is 0.518. The number of amides is 2. The van der Waals surface area contributed by atoms with Crippen LogP contribution >= 0.6 is 27.5 Å². The van der Waals surface area contributed by atoms with Crippen LogP contribution in [0, 0.1) is 0 Å². The molecule has 1 rings (SSSR count). The maximum absolute atomic E-state index is 11.7. The van der Waals surface area contributed by atoms with Gasteiger partial charge in [0.1, 0.15) is 0 Å². The molecular formula is C11H12BrClN2O2. The van der Waals surface area contributed by atoms with Gasteiger partial charge in [0, 0.05) is 30.0 Å². The van der Waals surface area contributed by atoms with E-state index in [4.69, 9.17) is 11.6 Å². The first-order chi connectivity index (χ1) is 8.00. The lowest BCUT2D eigenvalue weighted by atomic mass is 10.2. The Labute approximate surface area is 113 Å². The van der Waals surface area contributed by atoms with E-state index in [1.165, 1.54) is 6.92 Å². The van der Waals surface area contributed by atoms with Gasteiger partial charge in [-0.3, -0.25) is 9.59 Å². The average Bonchev–Trinajstić information content (AvgIpc) is 2.27. The number of hydrogen-bond acceptors (Lipinski definition) is 2. The summed E-state index contributed by atoms with van der Waals surface area (Å²) in [6, 6.07) is 4.94. The molecule has 1 aromatic rings. The first-order valence-corrected chi connectivity index (χ1v) is 6.15. The summed E-state index contributed by atoms with van der Waals surface area (Å²) in [5, 5.41) is 5.83. The van der Waals surface area contributed by atoms with Crippen LogP contribution in [-0.4, -0.2) is 24.9 Å². The number of benzene rings is 1. The summed E-state index contributed by atoms with van der Waals surface area (Å²) in [7, 11) is 0. The maximum atomic E-state index is 11.7. The molecule has 0 aliphatic carbocycles. The Bertz CT molecular complexity index is 437. The van der Waals surface area contributed by atoms with Crippen LogP contribution in [-0.2, 0) is 4.79 Å². The molecule has 0 unspecified atom stereocenters. The minimum absolute atomic E-state index is 0.117. The van der Waals surface area contributed by atoms with Gasteiger partial charge in [-0.1, -0.05) is 11.6 Å². The lowest BCUT2D eigenvalue weighted by Crippen LogP contribution is -2.33. The van der Waals surface area contributed by atoms with Crippen molar-refractivity contribution >= 4 is 39.3 Å². The summed E-state index contributed by atoms with van der Waals surface area (Å²) < 4.78 is 0.675. The Morgan fingerprint density at radius 3 is 2.53 bits per heavy atom. The van der Waals surface area contributed by atoms with E-state index in [-0.39, 0.29) is 11.8 Å². The fourth-order valence-electron chi connectivity index (χ4n) is 1.15. The fourth-order valence-corrected chi connectivity index (χ4v) is 1.65. The maximum Gasteiger partial charge on any atom is 0.251 e. The zero-order valence-electron chi connectivity index (χ0n) is 9.22. The van der Waals surface area contributed by atoms with Gasteiger partial charge in [-0.2, -0.15) is 0 Å². The molecule has 0 fully saturated rings. The predicted octanol–water partition coefficient (Wildman–Crippen LogP) is 1.97.